The summed E-state index contributed by atoms with van der Waals surface area (Å²) in [7, 11) is 0. The minimum atomic E-state index is -0.512. The molecule has 0 spiro atoms. The maximum atomic E-state index is 13.6. The Morgan fingerprint density at radius 2 is 2.09 bits per heavy atom. The first kappa shape index (κ1) is 13.5. The molecule has 2 heterocycles. The van der Waals surface area contributed by atoms with Crippen LogP contribution in [0.3, 0.4) is 0 Å². The number of halogens is 1. The van der Waals surface area contributed by atoms with Crippen LogP contribution in [-0.2, 0) is 11.2 Å². The van der Waals surface area contributed by atoms with Crippen LogP contribution >= 0.6 is 0 Å². The Hall–Kier alpha value is -3.15. The average molecular weight is 310 g/mol. The van der Waals surface area contributed by atoms with E-state index in [1.54, 1.807) is 24.3 Å². The molecule has 2 N–H and O–H groups in total. The maximum Gasteiger partial charge on any atom is 0.256 e. The fourth-order valence-corrected chi connectivity index (χ4v) is 2.72. The van der Waals surface area contributed by atoms with Gasteiger partial charge in [-0.25, -0.2) is 4.39 Å². The van der Waals surface area contributed by atoms with Crippen LogP contribution in [0, 0.1) is 5.82 Å². The third-order valence-corrected chi connectivity index (χ3v) is 3.81. The lowest BCUT2D eigenvalue weighted by atomic mass is 10.1. The van der Waals surface area contributed by atoms with Crippen molar-refractivity contribution in [3.05, 3.63) is 59.6 Å². The smallest absolute Gasteiger partial charge is 0.256 e. The van der Waals surface area contributed by atoms with Gasteiger partial charge in [0.05, 0.1) is 18.2 Å². The number of rotatable bonds is 2. The van der Waals surface area contributed by atoms with Crippen molar-refractivity contribution in [2.75, 3.05) is 10.6 Å². The second-order valence-corrected chi connectivity index (χ2v) is 5.31. The molecule has 0 bridgehead atoms. The second kappa shape index (κ2) is 4.95. The van der Waals surface area contributed by atoms with Gasteiger partial charge in [-0.3, -0.25) is 9.59 Å². The highest BCUT2D eigenvalue weighted by molar-refractivity contribution is 6.12. The van der Waals surface area contributed by atoms with E-state index in [0.717, 1.165) is 5.56 Å². The van der Waals surface area contributed by atoms with Crippen molar-refractivity contribution in [3.8, 4) is 0 Å². The third-order valence-electron chi connectivity index (χ3n) is 3.81. The molecular weight excluding hydrogens is 299 g/mol. The Morgan fingerprint density at radius 3 is 2.96 bits per heavy atom. The number of carbonyl (C=O) groups is 2. The number of hydrogen-bond donors (Lipinski definition) is 2. The van der Waals surface area contributed by atoms with Crippen molar-refractivity contribution in [3.63, 3.8) is 0 Å². The Labute approximate surface area is 130 Å². The van der Waals surface area contributed by atoms with Crippen molar-refractivity contribution in [2.24, 2.45) is 0 Å². The van der Waals surface area contributed by atoms with Gasteiger partial charge in [0.1, 0.15) is 0 Å². The zero-order valence-electron chi connectivity index (χ0n) is 11.9. The number of fused-ring (bicyclic) bond motifs is 2. The van der Waals surface area contributed by atoms with Gasteiger partial charge in [-0.15, -0.1) is 0 Å². The van der Waals surface area contributed by atoms with Gasteiger partial charge < -0.3 is 15.1 Å². The van der Waals surface area contributed by atoms with Crippen LogP contribution in [0.2, 0.25) is 0 Å². The molecule has 3 aromatic rings. The molecule has 0 saturated heterocycles. The number of furan rings is 1. The highest BCUT2D eigenvalue weighted by atomic mass is 19.1. The zero-order chi connectivity index (χ0) is 16.0. The monoisotopic (exact) mass is 310 g/mol. The van der Waals surface area contributed by atoms with Gasteiger partial charge in [-0.1, -0.05) is 6.07 Å². The highest BCUT2D eigenvalue weighted by Gasteiger charge is 2.19. The molecular formula is C17H11FN2O3. The summed E-state index contributed by atoms with van der Waals surface area (Å²) in [4.78, 5) is 23.8. The molecule has 0 fully saturated rings. The van der Waals surface area contributed by atoms with Gasteiger partial charge in [-0.05, 0) is 35.9 Å². The third kappa shape index (κ3) is 2.24. The number of benzene rings is 2. The van der Waals surface area contributed by atoms with Gasteiger partial charge >= 0.3 is 0 Å². The Balaban J connectivity index is 1.65. The maximum absolute atomic E-state index is 13.6. The van der Waals surface area contributed by atoms with Crippen LogP contribution < -0.4 is 10.6 Å². The Kier molecular flexibility index (Phi) is 2.90. The van der Waals surface area contributed by atoms with Crippen LogP contribution in [0.5, 0.6) is 0 Å². The van der Waals surface area contributed by atoms with Crippen molar-refractivity contribution in [1.29, 1.82) is 0 Å². The predicted molar refractivity (Wildman–Crippen MR) is 82.9 cm³/mol. The Morgan fingerprint density at radius 1 is 1.22 bits per heavy atom. The molecule has 2 aromatic carbocycles. The van der Waals surface area contributed by atoms with E-state index in [4.69, 9.17) is 4.42 Å². The fraction of sp³-hybridized carbons (Fsp3) is 0.0588. The van der Waals surface area contributed by atoms with Crippen molar-refractivity contribution in [2.45, 2.75) is 6.42 Å². The molecule has 5 nitrogen and oxygen atoms in total. The van der Waals surface area contributed by atoms with E-state index in [-0.39, 0.29) is 17.4 Å². The van der Waals surface area contributed by atoms with E-state index >= 15 is 0 Å². The first-order valence-electron chi connectivity index (χ1n) is 7.01. The summed E-state index contributed by atoms with van der Waals surface area (Å²) in [5.74, 6) is -0.954. The van der Waals surface area contributed by atoms with E-state index in [2.05, 4.69) is 10.6 Å². The van der Waals surface area contributed by atoms with E-state index < -0.39 is 5.82 Å². The number of amides is 2. The minimum Gasteiger partial charge on any atom is -0.461 e. The van der Waals surface area contributed by atoms with Crippen LogP contribution in [-0.4, -0.2) is 11.8 Å². The van der Waals surface area contributed by atoms with Gasteiger partial charge in [-0.2, -0.15) is 0 Å². The summed E-state index contributed by atoms with van der Waals surface area (Å²) >= 11 is 0. The fourth-order valence-electron chi connectivity index (χ4n) is 2.72. The molecule has 23 heavy (non-hydrogen) atoms. The van der Waals surface area contributed by atoms with E-state index in [1.807, 2.05) is 0 Å². The molecule has 1 aliphatic heterocycles. The second-order valence-electron chi connectivity index (χ2n) is 5.31. The van der Waals surface area contributed by atoms with Crippen molar-refractivity contribution < 1.29 is 18.4 Å². The summed E-state index contributed by atoms with van der Waals surface area (Å²) in [5.41, 5.74) is 2.52. The minimum absolute atomic E-state index is 0.0545. The number of anilines is 2. The number of nitrogens with one attached hydrogen (secondary N) is 2. The van der Waals surface area contributed by atoms with Gasteiger partial charge in [0.2, 0.25) is 5.91 Å². The molecule has 2 amide bonds. The first-order valence-corrected chi connectivity index (χ1v) is 7.01. The topological polar surface area (TPSA) is 71.3 Å². The average Bonchev–Trinajstić information content (AvgIpc) is 3.13. The Bertz CT molecular complexity index is 962. The molecule has 6 heteroatoms. The summed E-state index contributed by atoms with van der Waals surface area (Å²) in [6.45, 7) is 0. The normalized spacial score (nSPS) is 13.0. The lowest BCUT2D eigenvalue weighted by molar-refractivity contribution is -0.115. The van der Waals surface area contributed by atoms with E-state index in [9.17, 15) is 14.0 Å². The van der Waals surface area contributed by atoms with Crippen LogP contribution in [0.15, 0.2) is 47.1 Å². The molecule has 1 aliphatic rings. The lowest BCUT2D eigenvalue weighted by Crippen LogP contribution is -2.12. The van der Waals surface area contributed by atoms with Gasteiger partial charge in [0.15, 0.2) is 11.4 Å². The van der Waals surface area contributed by atoms with Crippen molar-refractivity contribution >= 4 is 34.2 Å². The largest absolute Gasteiger partial charge is 0.461 e. The molecule has 0 unspecified atom stereocenters. The summed E-state index contributed by atoms with van der Waals surface area (Å²) < 4.78 is 18.7. The molecule has 0 aliphatic carbocycles. The van der Waals surface area contributed by atoms with Crippen LogP contribution in [0.1, 0.15) is 15.9 Å². The summed E-state index contributed by atoms with van der Waals surface area (Å²) in [5, 5.41) is 5.89. The quantitative estimate of drug-likeness (QED) is 0.762. The lowest BCUT2D eigenvalue weighted by Gasteiger charge is -2.08. The van der Waals surface area contributed by atoms with Crippen molar-refractivity contribution in [1.82, 2.24) is 0 Å². The number of carbonyl (C=O) groups excluding carboxylic acids is 2. The van der Waals surface area contributed by atoms with Gasteiger partial charge in [0.25, 0.3) is 5.91 Å². The number of hydrogen-bond acceptors (Lipinski definition) is 3. The van der Waals surface area contributed by atoms with E-state index in [0.29, 0.717) is 28.7 Å². The molecule has 1 aromatic heterocycles. The van der Waals surface area contributed by atoms with Crippen LogP contribution in [0.4, 0.5) is 15.8 Å². The van der Waals surface area contributed by atoms with Gasteiger partial charge in [0, 0.05) is 16.8 Å². The van der Waals surface area contributed by atoms with Crippen LogP contribution in [0.25, 0.3) is 11.0 Å². The molecule has 0 radical (unpaired) electrons. The first-order chi connectivity index (χ1) is 11.1. The summed E-state index contributed by atoms with van der Waals surface area (Å²) in [6, 6.07) is 9.39. The molecule has 0 atom stereocenters. The zero-order valence-corrected chi connectivity index (χ0v) is 11.9. The standard InChI is InChI=1S/C17H11FN2O3/c18-13-4-3-12(11-5-6-23-16(11)13)17(22)19-10-2-1-9-7-15(21)20-14(9)8-10/h1-6,8H,7H2,(H,19,22)(H,20,21). The predicted octanol–water partition coefficient (Wildman–Crippen LogP) is 3.32. The molecule has 4 rings (SSSR count). The highest BCUT2D eigenvalue weighted by Crippen LogP contribution is 2.28. The summed E-state index contributed by atoms with van der Waals surface area (Å²) in [6.07, 6.45) is 1.69. The van der Waals surface area contributed by atoms with E-state index in [1.165, 1.54) is 18.4 Å². The SMILES string of the molecule is O=C1Cc2ccc(NC(=O)c3ccc(F)c4occc34)cc2N1. The molecule has 114 valence electrons. The molecule has 0 saturated carbocycles.